The molecule has 0 saturated carbocycles. The third kappa shape index (κ3) is 2.25. The van der Waals surface area contributed by atoms with Crippen LogP contribution in [0.1, 0.15) is 12.6 Å². The van der Waals surface area contributed by atoms with Crippen LogP contribution < -0.4 is 10.1 Å². The van der Waals surface area contributed by atoms with Gasteiger partial charge in [-0.25, -0.2) is 4.98 Å². The molecular formula is C11H14N2O2S. The van der Waals surface area contributed by atoms with Gasteiger partial charge in [0.25, 0.3) is 0 Å². The lowest BCUT2D eigenvalue weighted by Crippen LogP contribution is -2.11. The molecule has 16 heavy (non-hydrogen) atoms. The van der Waals surface area contributed by atoms with E-state index in [9.17, 15) is 0 Å². The summed E-state index contributed by atoms with van der Waals surface area (Å²) in [6.45, 7) is 3.71. The molecule has 0 saturated heterocycles. The van der Waals surface area contributed by atoms with Gasteiger partial charge in [-0.1, -0.05) is 6.92 Å². The average Bonchev–Trinajstić information content (AvgIpc) is 2.94. The number of methoxy groups -OCH3 is 1. The Bertz CT molecular complexity index is 450. The highest BCUT2D eigenvalue weighted by molar-refractivity contribution is 7.13. The molecule has 0 aliphatic carbocycles. The second kappa shape index (κ2) is 5.14. The Balaban J connectivity index is 2.18. The number of hydrogen-bond acceptors (Lipinski definition) is 5. The van der Waals surface area contributed by atoms with E-state index in [-0.39, 0.29) is 0 Å². The van der Waals surface area contributed by atoms with Crippen molar-refractivity contribution < 1.29 is 9.15 Å². The summed E-state index contributed by atoms with van der Waals surface area (Å²) < 4.78 is 10.7. The molecule has 0 aliphatic heterocycles. The molecule has 1 N–H and O–H groups in total. The normalized spacial score (nSPS) is 10.6. The van der Waals surface area contributed by atoms with Gasteiger partial charge in [0.05, 0.1) is 12.8 Å². The third-order valence-corrected chi connectivity index (χ3v) is 3.03. The number of nitrogens with zero attached hydrogens (tertiary/aromatic N) is 1. The van der Waals surface area contributed by atoms with Crippen molar-refractivity contribution in [1.29, 1.82) is 0 Å². The van der Waals surface area contributed by atoms with Crippen LogP contribution in [0.15, 0.2) is 22.1 Å². The van der Waals surface area contributed by atoms with Crippen LogP contribution in [0.2, 0.25) is 0 Å². The minimum Gasteiger partial charge on any atom is -0.495 e. The van der Waals surface area contributed by atoms with Crippen LogP contribution in [-0.4, -0.2) is 18.6 Å². The molecule has 0 amide bonds. The first-order valence-corrected chi connectivity index (χ1v) is 6.00. The fourth-order valence-electron chi connectivity index (χ4n) is 1.36. The van der Waals surface area contributed by atoms with Gasteiger partial charge in [-0.05, 0) is 18.0 Å². The molecule has 0 bridgehead atoms. The maximum absolute atomic E-state index is 5.43. The summed E-state index contributed by atoms with van der Waals surface area (Å²) in [5.74, 6) is 1.43. The number of aromatic nitrogens is 1. The summed E-state index contributed by atoms with van der Waals surface area (Å²) in [6.07, 6.45) is 1.68. The molecule has 2 aromatic rings. The fraction of sp³-hybridized carbons (Fsp3) is 0.364. The van der Waals surface area contributed by atoms with E-state index in [4.69, 9.17) is 9.15 Å². The Labute approximate surface area is 98.3 Å². The van der Waals surface area contributed by atoms with Crippen molar-refractivity contribution in [2.45, 2.75) is 13.5 Å². The molecule has 0 radical (unpaired) electrons. The van der Waals surface area contributed by atoms with Gasteiger partial charge in [-0.15, -0.1) is 11.3 Å². The van der Waals surface area contributed by atoms with Gasteiger partial charge < -0.3 is 14.5 Å². The number of ether oxygens (including phenoxy) is 1. The molecule has 0 aliphatic rings. The molecule has 0 fully saturated rings. The smallest absolute Gasteiger partial charge is 0.240 e. The molecule has 0 spiro atoms. The van der Waals surface area contributed by atoms with Crippen LogP contribution in [0.25, 0.3) is 10.8 Å². The number of rotatable bonds is 5. The molecule has 0 unspecified atom stereocenters. The van der Waals surface area contributed by atoms with Crippen molar-refractivity contribution in [3.05, 3.63) is 23.4 Å². The van der Waals surface area contributed by atoms with E-state index in [0.29, 0.717) is 5.89 Å². The Morgan fingerprint density at radius 1 is 1.56 bits per heavy atom. The van der Waals surface area contributed by atoms with Gasteiger partial charge in [0.2, 0.25) is 5.89 Å². The first kappa shape index (κ1) is 11.2. The summed E-state index contributed by atoms with van der Waals surface area (Å²) in [7, 11) is 1.65. The van der Waals surface area contributed by atoms with Gasteiger partial charge in [-0.2, -0.15) is 0 Å². The van der Waals surface area contributed by atoms with E-state index in [2.05, 4.69) is 17.2 Å². The highest BCUT2D eigenvalue weighted by Gasteiger charge is 2.13. The lowest BCUT2D eigenvalue weighted by atomic mass is 10.4. The Hall–Kier alpha value is -1.33. The molecule has 86 valence electrons. The first-order valence-electron chi connectivity index (χ1n) is 5.12. The minimum atomic E-state index is 0.625. The highest BCUT2D eigenvalue weighted by atomic mass is 32.1. The molecule has 5 heteroatoms. The average molecular weight is 238 g/mol. The van der Waals surface area contributed by atoms with Crippen molar-refractivity contribution in [3.8, 4) is 16.5 Å². The Morgan fingerprint density at radius 2 is 2.44 bits per heavy atom. The van der Waals surface area contributed by atoms with E-state index in [1.807, 2.05) is 11.4 Å². The van der Waals surface area contributed by atoms with Crippen LogP contribution in [0.4, 0.5) is 0 Å². The number of nitrogens with one attached hydrogen (secondary N) is 1. The monoisotopic (exact) mass is 238 g/mol. The molecule has 2 rings (SSSR count). The zero-order valence-corrected chi connectivity index (χ0v) is 10.1. The molecule has 0 atom stereocenters. The van der Waals surface area contributed by atoms with Crippen LogP contribution in [0.3, 0.4) is 0 Å². The quantitative estimate of drug-likeness (QED) is 0.869. The third-order valence-electron chi connectivity index (χ3n) is 2.15. The standard InChI is InChI=1S/C11H14N2O2S/c1-3-12-6-8-7-15-11(13-8)10-9(14-2)4-5-16-10/h4-5,7,12H,3,6H2,1-2H3. The Morgan fingerprint density at radius 3 is 3.19 bits per heavy atom. The fourth-order valence-corrected chi connectivity index (χ4v) is 2.15. The van der Waals surface area contributed by atoms with E-state index in [1.165, 1.54) is 0 Å². The summed E-state index contributed by atoms with van der Waals surface area (Å²) in [5.41, 5.74) is 0.910. The first-order chi connectivity index (χ1) is 7.85. The van der Waals surface area contributed by atoms with Gasteiger partial charge in [0.15, 0.2) is 0 Å². The second-order valence-electron chi connectivity index (χ2n) is 3.24. The van der Waals surface area contributed by atoms with E-state index >= 15 is 0 Å². The molecule has 2 heterocycles. The van der Waals surface area contributed by atoms with Crippen LogP contribution >= 0.6 is 11.3 Å². The van der Waals surface area contributed by atoms with Gasteiger partial charge in [-0.3, -0.25) is 0 Å². The van der Waals surface area contributed by atoms with Crippen molar-refractivity contribution >= 4 is 11.3 Å². The predicted octanol–water partition coefficient (Wildman–Crippen LogP) is 2.52. The second-order valence-corrected chi connectivity index (χ2v) is 4.16. The van der Waals surface area contributed by atoms with Crippen LogP contribution in [-0.2, 0) is 6.54 Å². The molecule has 4 nitrogen and oxygen atoms in total. The summed E-state index contributed by atoms with van der Waals surface area (Å²) in [5, 5.41) is 5.16. The van der Waals surface area contributed by atoms with E-state index in [0.717, 1.165) is 29.4 Å². The number of thiophene rings is 1. The van der Waals surface area contributed by atoms with Gasteiger partial charge >= 0.3 is 0 Å². The van der Waals surface area contributed by atoms with Crippen LogP contribution in [0, 0.1) is 0 Å². The Kier molecular flexibility index (Phi) is 3.58. The lowest BCUT2D eigenvalue weighted by Gasteiger charge is -1.97. The minimum absolute atomic E-state index is 0.625. The highest BCUT2D eigenvalue weighted by Crippen LogP contribution is 2.34. The SMILES string of the molecule is CCNCc1coc(-c2sccc2OC)n1. The number of hydrogen-bond donors (Lipinski definition) is 1. The zero-order valence-electron chi connectivity index (χ0n) is 9.32. The summed E-state index contributed by atoms with van der Waals surface area (Å²) >= 11 is 1.56. The maximum Gasteiger partial charge on any atom is 0.240 e. The molecule has 0 aromatic carbocycles. The van der Waals surface area contributed by atoms with Crippen molar-refractivity contribution in [2.24, 2.45) is 0 Å². The van der Waals surface area contributed by atoms with Gasteiger partial charge in [0.1, 0.15) is 16.9 Å². The van der Waals surface area contributed by atoms with Crippen molar-refractivity contribution in [2.75, 3.05) is 13.7 Å². The largest absolute Gasteiger partial charge is 0.495 e. The van der Waals surface area contributed by atoms with Crippen LogP contribution in [0.5, 0.6) is 5.75 Å². The lowest BCUT2D eigenvalue weighted by molar-refractivity contribution is 0.416. The van der Waals surface area contributed by atoms with Crippen molar-refractivity contribution in [1.82, 2.24) is 10.3 Å². The summed E-state index contributed by atoms with van der Waals surface area (Å²) in [4.78, 5) is 5.34. The molecular weight excluding hydrogens is 224 g/mol. The van der Waals surface area contributed by atoms with E-state index in [1.54, 1.807) is 24.7 Å². The van der Waals surface area contributed by atoms with E-state index < -0.39 is 0 Å². The maximum atomic E-state index is 5.43. The van der Waals surface area contributed by atoms with Gasteiger partial charge in [0, 0.05) is 6.54 Å². The predicted molar refractivity (Wildman–Crippen MR) is 63.7 cm³/mol. The summed E-state index contributed by atoms with van der Waals surface area (Å²) in [6, 6.07) is 1.91. The molecule has 2 aromatic heterocycles. The van der Waals surface area contributed by atoms with Crippen molar-refractivity contribution in [3.63, 3.8) is 0 Å². The zero-order chi connectivity index (χ0) is 11.4. The topological polar surface area (TPSA) is 47.3 Å². The number of oxazole rings is 1.